The smallest absolute Gasteiger partial charge is 0.300 e. The highest BCUT2D eigenvalue weighted by Crippen LogP contribution is 2.18. The molecule has 4 N–H and O–H groups in total. The molecule has 2 fully saturated rings. The second-order valence-electron chi connectivity index (χ2n) is 6.62. The maximum absolute atomic E-state index is 9.00. The van der Waals surface area contributed by atoms with Gasteiger partial charge in [0.1, 0.15) is 0 Å². The van der Waals surface area contributed by atoms with E-state index in [1.54, 1.807) is 0 Å². The zero-order valence-corrected chi connectivity index (χ0v) is 15.4. The first kappa shape index (κ1) is 22.9. The number of aliphatic carboxylic acids is 2. The minimum absolute atomic E-state index is 0.821. The van der Waals surface area contributed by atoms with Crippen LogP contribution in [0.1, 0.15) is 78.1 Å². The van der Waals surface area contributed by atoms with Crippen molar-refractivity contribution in [1.29, 1.82) is 0 Å². The van der Waals surface area contributed by atoms with E-state index in [0.29, 0.717) is 0 Å². The van der Waals surface area contributed by atoms with E-state index in [0.717, 1.165) is 25.9 Å². The summed E-state index contributed by atoms with van der Waals surface area (Å²) in [5.74, 6) is -1.67. The quantitative estimate of drug-likeness (QED) is 0.572. The molecule has 142 valence electrons. The summed E-state index contributed by atoms with van der Waals surface area (Å²) >= 11 is 0. The molecule has 0 aromatic carbocycles. The molecule has 0 bridgehead atoms. The molecule has 0 spiro atoms. The molecule has 0 aromatic rings. The molecule has 2 rings (SSSR count). The molecule has 2 saturated carbocycles. The van der Waals surface area contributed by atoms with Gasteiger partial charge in [-0.05, 0) is 25.7 Å². The molecule has 0 radical (unpaired) electrons. The van der Waals surface area contributed by atoms with Crippen molar-refractivity contribution in [2.75, 3.05) is 13.1 Å². The average molecular weight is 344 g/mol. The van der Waals surface area contributed by atoms with Crippen LogP contribution in [0.25, 0.3) is 0 Å². The second kappa shape index (κ2) is 15.4. The monoisotopic (exact) mass is 344 g/mol. The molecule has 0 saturated heterocycles. The van der Waals surface area contributed by atoms with E-state index in [2.05, 4.69) is 10.6 Å². The van der Waals surface area contributed by atoms with Crippen LogP contribution in [0.5, 0.6) is 0 Å². The number of nitrogens with one attached hydrogen (secondary N) is 2. The number of hydrogen-bond acceptors (Lipinski definition) is 4. The van der Waals surface area contributed by atoms with Crippen molar-refractivity contribution < 1.29 is 19.8 Å². The molecule has 2 aliphatic rings. The molecule has 0 amide bonds. The molecule has 0 heterocycles. The topological polar surface area (TPSA) is 98.7 Å². The number of carbonyl (C=O) groups is 2. The molecule has 0 unspecified atom stereocenters. The number of rotatable bonds is 5. The SMILES string of the molecule is C1CCC(NCCNC2CCCCC2)CC1.CC(=O)O.CC(=O)O. The maximum atomic E-state index is 9.00. The van der Waals surface area contributed by atoms with Crippen LogP contribution in [0.2, 0.25) is 0 Å². The van der Waals surface area contributed by atoms with Gasteiger partial charge in [-0.15, -0.1) is 0 Å². The van der Waals surface area contributed by atoms with Gasteiger partial charge in [0.25, 0.3) is 11.9 Å². The van der Waals surface area contributed by atoms with Crippen molar-refractivity contribution >= 4 is 11.9 Å². The van der Waals surface area contributed by atoms with Crippen LogP contribution in [0.3, 0.4) is 0 Å². The maximum Gasteiger partial charge on any atom is 0.300 e. The van der Waals surface area contributed by atoms with Crippen molar-refractivity contribution in [2.45, 2.75) is 90.1 Å². The van der Waals surface area contributed by atoms with Crippen LogP contribution in [0.15, 0.2) is 0 Å². The highest BCUT2D eigenvalue weighted by atomic mass is 16.4. The lowest BCUT2D eigenvalue weighted by Crippen LogP contribution is -2.40. The van der Waals surface area contributed by atoms with Crippen LogP contribution in [-0.2, 0) is 9.59 Å². The fourth-order valence-electron chi connectivity index (χ4n) is 3.17. The minimum atomic E-state index is -0.833. The van der Waals surface area contributed by atoms with E-state index >= 15 is 0 Å². The van der Waals surface area contributed by atoms with Gasteiger partial charge in [0, 0.05) is 39.0 Å². The predicted octanol–water partition coefficient (Wildman–Crippen LogP) is 3.01. The van der Waals surface area contributed by atoms with Crippen LogP contribution in [0.4, 0.5) is 0 Å². The van der Waals surface area contributed by atoms with E-state index in [-0.39, 0.29) is 0 Å². The van der Waals surface area contributed by atoms with Gasteiger partial charge in [0.05, 0.1) is 0 Å². The Bertz CT molecular complexity index is 285. The van der Waals surface area contributed by atoms with Gasteiger partial charge in [-0.3, -0.25) is 9.59 Å². The van der Waals surface area contributed by atoms with Gasteiger partial charge in [-0.25, -0.2) is 0 Å². The summed E-state index contributed by atoms with van der Waals surface area (Å²) in [5, 5.41) is 22.2. The average Bonchev–Trinajstić information content (AvgIpc) is 2.53. The van der Waals surface area contributed by atoms with Crippen LogP contribution in [0, 0.1) is 0 Å². The number of hydrogen-bond donors (Lipinski definition) is 4. The van der Waals surface area contributed by atoms with E-state index < -0.39 is 11.9 Å². The minimum Gasteiger partial charge on any atom is -0.481 e. The third-order valence-electron chi connectivity index (χ3n) is 4.20. The lowest BCUT2D eigenvalue weighted by Gasteiger charge is -2.25. The first-order valence-electron chi connectivity index (χ1n) is 9.27. The summed E-state index contributed by atoms with van der Waals surface area (Å²) in [7, 11) is 0. The first-order valence-corrected chi connectivity index (χ1v) is 9.27. The largest absolute Gasteiger partial charge is 0.481 e. The molecule has 2 aliphatic carbocycles. The van der Waals surface area contributed by atoms with Crippen LogP contribution in [-0.4, -0.2) is 47.3 Å². The second-order valence-corrected chi connectivity index (χ2v) is 6.62. The molecule has 0 aliphatic heterocycles. The fraction of sp³-hybridized carbons (Fsp3) is 0.889. The predicted molar refractivity (Wildman–Crippen MR) is 96.4 cm³/mol. The third-order valence-corrected chi connectivity index (χ3v) is 4.20. The van der Waals surface area contributed by atoms with E-state index in [1.165, 1.54) is 77.3 Å². The van der Waals surface area contributed by atoms with Crippen molar-refractivity contribution in [3.63, 3.8) is 0 Å². The zero-order valence-electron chi connectivity index (χ0n) is 15.4. The Morgan fingerprint density at radius 2 is 0.958 bits per heavy atom. The molecular weight excluding hydrogens is 308 g/mol. The number of carboxylic acids is 2. The summed E-state index contributed by atoms with van der Waals surface area (Å²) in [4.78, 5) is 18.0. The van der Waals surface area contributed by atoms with Gasteiger partial charge in [0.2, 0.25) is 0 Å². The number of carboxylic acid groups (broad SMARTS) is 2. The summed E-state index contributed by atoms with van der Waals surface area (Å²) in [6.45, 7) is 4.50. The van der Waals surface area contributed by atoms with Gasteiger partial charge >= 0.3 is 0 Å². The molecule has 0 atom stereocenters. The summed E-state index contributed by atoms with van der Waals surface area (Å²) in [6.07, 6.45) is 14.3. The van der Waals surface area contributed by atoms with E-state index in [9.17, 15) is 0 Å². The molecule has 6 nitrogen and oxygen atoms in total. The molecular formula is C18H36N2O4. The Labute approximate surface area is 146 Å². The van der Waals surface area contributed by atoms with E-state index in [4.69, 9.17) is 19.8 Å². The van der Waals surface area contributed by atoms with Crippen molar-refractivity contribution in [2.24, 2.45) is 0 Å². The Morgan fingerprint density at radius 3 is 1.21 bits per heavy atom. The van der Waals surface area contributed by atoms with Crippen molar-refractivity contribution in [3.05, 3.63) is 0 Å². The summed E-state index contributed by atoms with van der Waals surface area (Å²) < 4.78 is 0. The fourth-order valence-corrected chi connectivity index (χ4v) is 3.17. The zero-order chi connectivity index (χ0) is 18.2. The molecule has 6 heteroatoms. The Hall–Kier alpha value is -1.14. The van der Waals surface area contributed by atoms with Crippen LogP contribution >= 0.6 is 0 Å². The lowest BCUT2D eigenvalue weighted by atomic mass is 9.95. The summed E-state index contributed by atoms with van der Waals surface area (Å²) in [6, 6.07) is 1.64. The Kier molecular flexibility index (Phi) is 14.7. The highest BCUT2D eigenvalue weighted by molar-refractivity contribution is 5.63. The highest BCUT2D eigenvalue weighted by Gasteiger charge is 2.14. The van der Waals surface area contributed by atoms with Gasteiger partial charge in [-0.2, -0.15) is 0 Å². The van der Waals surface area contributed by atoms with Gasteiger partial charge < -0.3 is 20.8 Å². The van der Waals surface area contributed by atoms with E-state index in [1.807, 2.05) is 0 Å². The molecule has 24 heavy (non-hydrogen) atoms. The summed E-state index contributed by atoms with van der Waals surface area (Å²) in [5.41, 5.74) is 0. The van der Waals surface area contributed by atoms with Crippen molar-refractivity contribution in [1.82, 2.24) is 10.6 Å². The van der Waals surface area contributed by atoms with Gasteiger partial charge in [-0.1, -0.05) is 38.5 Å². The lowest BCUT2D eigenvalue weighted by molar-refractivity contribution is -0.135. The van der Waals surface area contributed by atoms with Crippen LogP contribution < -0.4 is 10.6 Å². The standard InChI is InChI=1S/C14H28N2.2C2H4O2/c1-3-7-13(8-4-1)15-11-12-16-14-9-5-2-6-10-14;2*1-2(3)4/h13-16H,1-12H2;2*1H3,(H,3,4). The Morgan fingerprint density at radius 1 is 0.708 bits per heavy atom. The molecule has 0 aromatic heterocycles. The third kappa shape index (κ3) is 17.2. The van der Waals surface area contributed by atoms with Gasteiger partial charge in [0.15, 0.2) is 0 Å². The van der Waals surface area contributed by atoms with Crippen molar-refractivity contribution in [3.8, 4) is 0 Å². The normalized spacial score (nSPS) is 18.6. The first-order chi connectivity index (χ1) is 11.4. The Balaban J connectivity index is 0.000000558.